The molecule has 1 unspecified atom stereocenters. The van der Waals surface area contributed by atoms with Crippen LogP contribution in [0, 0.1) is 20.8 Å². The summed E-state index contributed by atoms with van der Waals surface area (Å²) in [7, 11) is 3.26. The monoisotopic (exact) mass is 419 g/mol. The molecular weight excluding hydrogens is 390 g/mol. The van der Waals surface area contributed by atoms with E-state index >= 15 is 0 Å². The molecule has 0 spiro atoms. The first kappa shape index (κ1) is 21.0. The van der Waals surface area contributed by atoms with Crippen LogP contribution in [0.3, 0.4) is 0 Å². The maximum atomic E-state index is 13.1. The minimum Gasteiger partial charge on any atom is -0.493 e. The van der Waals surface area contributed by atoms with Crippen LogP contribution < -0.4 is 20.5 Å². The standard InChI is InChI=1S/C25H29N3O3/c1-7-18-10-17-11-21(30-5)22(31-6)12-19(17)20-13-23(27-25(29)28(18)20)26-24-15(3)8-14(2)9-16(24)4/h8-9,11-13,18H,7,10H2,1-6H3,(H,26,27,29). The second kappa shape index (κ2) is 8.10. The maximum absolute atomic E-state index is 13.1. The Bertz CT molecular complexity index is 1190. The number of ether oxygens (including phenoxy) is 2. The van der Waals surface area contributed by atoms with Crippen LogP contribution in [0.1, 0.15) is 41.6 Å². The first-order chi connectivity index (χ1) is 14.9. The molecular formula is C25H29N3O3. The number of rotatable bonds is 5. The zero-order valence-corrected chi connectivity index (χ0v) is 19.0. The highest BCUT2D eigenvalue weighted by Crippen LogP contribution is 2.41. The van der Waals surface area contributed by atoms with Gasteiger partial charge in [-0.25, -0.2) is 4.79 Å². The predicted octanol–water partition coefficient (Wildman–Crippen LogP) is 5.10. The molecule has 0 saturated heterocycles. The minimum atomic E-state index is -0.241. The summed E-state index contributed by atoms with van der Waals surface area (Å²) in [5.41, 5.74) is 7.16. The van der Waals surface area contributed by atoms with Crippen molar-refractivity contribution in [2.24, 2.45) is 0 Å². The molecule has 4 rings (SSSR count). The lowest BCUT2D eigenvalue weighted by atomic mass is 9.91. The van der Waals surface area contributed by atoms with Crippen molar-refractivity contribution in [3.63, 3.8) is 0 Å². The van der Waals surface area contributed by atoms with E-state index in [4.69, 9.17) is 9.47 Å². The fourth-order valence-electron chi connectivity index (χ4n) is 4.62. The van der Waals surface area contributed by atoms with Gasteiger partial charge >= 0.3 is 5.69 Å². The summed E-state index contributed by atoms with van der Waals surface area (Å²) < 4.78 is 12.8. The summed E-state index contributed by atoms with van der Waals surface area (Å²) >= 11 is 0. The summed E-state index contributed by atoms with van der Waals surface area (Å²) in [4.78, 5) is 17.5. The summed E-state index contributed by atoms with van der Waals surface area (Å²) in [6.45, 7) is 8.30. The Morgan fingerprint density at radius 2 is 1.68 bits per heavy atom. The molecule has 0 aliphatic carbocycles. The van der Waals surface area contributed by atoms with Gasteiger partial charge in [-0.2, -0.15) is 4.98 Å². The van der Waals surface area contributed by atoms with Crippen molar-refractivity contribution < 1.29 is 9.47 Å². The Hall–Kier alpha value is -3.28. The van der Waals surface area contributed by atoms with Crippen molar-refractivity contribution in [3.05, 3.63) is 63.1 Å². The third kappa shape index (κ3) is 3.67. The van der Waals surface area contributed by atoms with E-state index in [-0.39, 0.29) is 11.7 Å². The SMILES string of the molecule is CCC1Cc2cc(OC)c(OC)cc2-c2cc(Nc3c(C)cc(C)cc3C)nc(=O)n21. The molecule has 162 valence electrons. The summed E-state index contributed by atoms with van der Waals surface area (Å²) in [5.74, 6) is 1.89. The summed E-state index contributed by atoms with van der Waals surface area (Å²) in [5, 5.41) is 3.39. The van der Waals surface area contributed by atoms with Crippen LogP contribution in [0.4, 0.5) is 11.5 Å². The zero-order valence-electron chi connectivity index (χ0n) is 19.0. The van der Waals surface area contributed by atoms with E-state index < -0.39 is 0 Å². The van der Waals surface area contributed by atoms with Gasteiger partial charge in [0, 0.05) is 23.4 Å². The van der Waals surface area contributed by atoms with Gasteiger partial charge in [0.1, 0.15) is 5.82 Å². The van der Waals surface area contributed by atoms with Crippen LogP contribution in [0.5, 0.6) is 11.5 Å². The zero-order chi connectivity index (χ0) is 22.3. The van der Waals surface area contributed by atoms with E-state index in [1.54, 1.807) is 14.2 Å². The Kier molecular flexibility index (Phi) is 5.48. The van der Waals surface area contributed by atoms with Gasteiger partial charge in [-0.3, -0.25) is 4.57 Å². The highest BCUT2D eigenvalue weighted by Gasteiger charge is 2.27. The Balaban J connectivity index is 1.89. The molecule has 0 fully saturated rings. The third-order valence-corrected chi connectivity index (χ3v) is 6.06. The number of hydrogen-bond acceptors (Lipinski definition) is 5. The van der Waals surface area contributed by atoms with Crippen LogP contribution in [0.2, 0.25) is 0 Å². The number of aryl methyl sites for hydroxylation is 3. The lowest BCUT2D eigenvalue weighted by molar-refractivity contribution is 0.353. The van der Waals surface area contributed by atoms with E-state index in [0.29, 0.717) is 17.3 Å². The van der Waals surface area contributed by atoms with Crippen LogP contribution >= 0.6 is 0 Å². The van der Waals surface area contributed by atoms with E-state index in [9.17, 15) is 4.79 Å². The highest BCUT2D eigenvalue weighted by molar-refractivity contribution is 5.74. The van der Waals surface area contributed by atoms with E-state index in [2.05, 4.69) is 50.1 Å². The quantitative estimate of drug-likeness (QED) is 0.623. The molecule has 2 heterocycles. The largest absolute Gasteiger partial charge is 0.493 e. The first-order valence-corrected chi connectivity index (χ1v) is 10.6. The van der Waals surface area contributed by atoms with E-state index in [1.807, 2.05) is 22.8 Å². The second-order valence-electron chi connectivity index (χ2n) is 8.21. The number of benzene rings is 2. The second-order valence-corrected chi connectivity index (χ2v) is 8.21. The van der Waals surface area contributed by atoms with Gasteiger partial charge < -0.3 is 14.8 Å². The molecule has 0 amide bonds. The van der Waals surface area contributed by atoms with Crippen molar-refractivity contribution >= 4 is 11.5 Å². The predicted molar refractivity (Wildman–Crippen MR) is 124 cm³/mol. The van der Waals surface area contributed by atoms with Crippen LogP contribution in [0.25, 0.3) is 11.3 Å². The van der Waals surface area contributed by atoms with Crippen LogP contribution in [-0.2, 0) is 6.42 Å². The van der Waals surface area contributed by atoms with Gasteiger partial charge in [0.15, 0.2) is 11.5 Å². The first-order valence-electron chi connectivity index (χ1n) is 10.6. The van der Waals surface area contributed by atoms with Gasteiger partial charge in [-0.15, -0.1) is 0 Å². The number of fused-ring (bicyclic) bond motifs is 3. The molecule has 1 aliphatic rings. The summed E-state index contributed by atoms with van der Waals surface area (Å²) in [6.07, 6.45) is 1.59. The van der Waals surface area contributed by atoms with Crippen LogP contribution in [-0.4, -0.2) is 23.8 Å². The van der Waals surface area contributed by atoms with Gasteiger partial charge in [0.25, 0.3) is 0 Å². The van der Waals surface area contributed by atoms with Crippen molar-refractivity contribution in [2.45, 2.75) is 46.6 Å². The molecule has 0 bridgehead atoms. The van der Waals surface area contributed by atoms with Gasteiger partial charge in [-0.05, 0) is 62.4 Å². The Morgan fingerprint density at radius 1 is 1.03 bits per heavy atom. The normalized spacial score (nSPS) is 14.6. The Labute approximate surface area is 182 Å². The minimum absolute atomic E-state index is 0.0532. The average molecular weight is 420 g/mol. The van der Waals surface area contributed by atoms with Crippen molar-refractivity contribution in [2.75, 3.05) is 19.5 Å². The molecule has 0 radical (unpaired) electrons. The van der Waals surface area contributed by atoms with Crippen molar-refractivity contribution in [1.82, 2.24) is 9.55 Å². The van der Waals surface area contributed by atoms with Gasteiger partial charge in [0.05, 0.1) is 19.9 Å². The number of nitrogens with one attached hydrogen (secondary N) is 1. The molecule has 1 aromatic heterocycles. The lowest BCUT2D eigenvalue weighted by Gasteiger charge is -2.30. The molecule has 6 heteroatoms. The van der Waals surface area contributed by atoms with Crippen LogP contribution in [0.15, 0.2) is 35.1 Å². The molecule has 3 aromatic rings. The topological polar surface area (TPSA) is 65.4 Å². The Morgan fingerprint density at radius 3 is 2.29 bits per heavy atom. The molecule has 6 nitrogen and oxygen atoms in total. The van der Waals surface area contributed by atoms with E-state index in [0.717, 1.165) is 46.5 Å². The molecule has 1 atom stereocenters. The number of anilines is 2. The molecule has 31 heavy (non-hydrogen) atoms. The number of methoxy groups -OCH3 is 2. The fraction of sp³-hybridized carbons (Fsp3) is 0.360. The molecule has 1 N–H and O–H groups in total. The number of aromatic nitrogens is 2. The molecule has 0 saturated carbocycles. The van der Waals surface area contributed by atoms with Crippen molar-refractivity contribution in [1.29, 1.82) is 0 Å². The van der Waals surface area contributed by atoms with Gasteiger partial charge in [0.2, 0.25) is 0 Å². The highest BCUT2D eigenvalue weighted by atomic mass is 16.5. The third-order valence-electron chi connectivity index (χ3n) is 6.06. The number of nitrogens with zero attached hydrogens (tertiary/aromatic N) is 2. The summed E-state index contributed by atoms with van der Waals surface area (Å²) in [6, 6.07) is 10.2. The lowest BCUT2D eigenvalue weighted by Crippen LogP contribution is -2.32. The number of hydrogen-bond donors (Lipinski definition) is 1. The fourth-order valence-corrected chi connectivity index (χ4v) is 4.62. The molecule has 1 aliphatic heterocycles. The average Bonchev–Trinajstić information content (AvgIpc) is 2.74. The smallest absolute Gasteiger partial charge is 0.350 e. The molecule has 2 aromatic carbocycles. The van der Waals surface area contributed by atoms with Gasteiger partial charge in [-0.1, -0.05) is 24.6 Å². The van der Waals surface area contributed by atoms with E-state index in [1.165, 1.54) is 5.56 Å². The maximum Gasteiger partial charge on any atom is 0.350 e. The van der Waals surface area contributed by atoms with Crippen molar-refractivity contribution in [3.8, 4) is 22.8 Å².